The van der Waals surface area contributed by atoms with Crippen LogP contribution in [0.2, 0.25) is 0 Å². The molecule has 1 aliphatic heterocycles. The van der Waals surface area contributed by atoms with E-state index in [0.717, 1.165) is 67.7 Å². The van der Waals surface area contributed by atoms with Gasteiger partial charge in [-0.3, -0.25) is 9.69 Å². The molecule has 4 rings (SSSR count). The molecule has 6 nitrogen and oxygen atoms in total. The average molecular weight is 463 g/mol. The third-order valence-corrected chi connectivity index (χ3v) is 6.26. The minimum atomic E-state index is -0.811. The molecule has 1 fully saturated rings. The Morgan fingerprint density at radius 1 is 1.06 bits per heavy atom. The van der Waals surface area contributed by atoms with Gasteiger partial charge in [0.2, 0.25) is 5.95 Å². The minimum Gasteiger partial charge on any atom is -0.481 e. The van der Waals surface area contributed by atoms with E-state index in [-0.39, 0.29) is 12.2 Å². The highest BCUT2D eigenvalue weighted by atomic mass is 19.1. The Balaban J connectivity index is 1.45. The highest BCUT2D eigenvalue weighted by molar-refractivity contribution is 5.70. The van der Waals surface area contributed by atoms with E-state index >= 15 is 0 Å². The number of rotatable bonds is 9. The quantitative estimate of drug-likeness (QED) is 0.493. The van der Waals surface area contributed by atoms with E-state index in [2.05, 4.69) is 32.8 Å². The van der Waals surface area contributed by atoms with Crippen molar-refractivity contribution >= 4 is 11.9 Å². The Bertz CT molecular complexity index is 1110. The molecule has 7 heteroatoms. The molecule has 34 heavy (non-hydrogen) atoms. The first-order chi connectivity index (χ1) is 16.5. The number of unbranched alkanes of at least 4 members (excludes halogenated alkanes) is 1. The van der Waals surface area contributed by atoms with Crippen molar-refractivity contribution in [3.63, 3.8) is 0 Å². The van der Waals surface area contributed by atoms with Crippen LogP contribution >= 0.6 is 0 Å². The zero-order valence-corrected chi connectivity index (χ0v) is 19.5. The van der Waals surface area contributed by atoms with Gasteiger partial charge in [-0.1, -0.05) is 56.2 Å². The maximum absolute atomic E-state index is 13.6. The number of piperazine rings is 1. The zero-order valence-electron chi connectivity index (χ0n) is 19.5. The van der Waals surface area contributed by atoms with Crippen LogP contribution in [0.15, 0.2) is 60.9 Å². The second-order valence-corrected chi connectivity index (χ2v) is 8.90. The number of hydrogen-bond donors (Lipinski definition) is 1. The van der Waals surface area contributed by atoms with Gasteiger partial charge in [-0.15, -0.1) is 0 Å². The van der Waals surface area contributed by atoms with Crippen LogP contribution in [0.1, 0.15) is 37.3 Å². The molecule has 1 N–H and O–H groups in total. The normalized spacial score (nSPS) is 16.5. The summed E-state index contributed by atoms with van der Waals surface area (Å²) in [5.74, 6) is -0.371. The molecular formula is C27H31FN4O2. The molecule has 0 aliphatic carbocycles. The maximum Gasteiger partial charge on any atom is 0.307 e. The largest absolute Gasteiger partial charge is 0.481 e. The second-order valence-electron chi connectivity index (χ2n) is 8.90. The van der Waals surface area contributed by atoms with Crippen molar-refractivity contribution in [2.75, 3.05) is 24.5 Å². The summed E-state index contributed by atoms with van der Waals surface area (Å²) in [5, 5.41) is 9.08. The Morgan fingerprint density at radius 2 is 1.82 bits per heavy atom. The lowest BCUT2D eigenvalue weighted by Gasteiger charge is -2.41. The van der Waals surface area contributed by atoms with Crippen LogP contribution in [-0.2, 0) is 17.8 Å². The van der Waals surface area contributed by atoms with Crippen LogP contribution in [-0.4, -0.2) is 51.6 Å². The van der Waals surface area contributed by atoms with E-state index in [1.54, 1.807) is 18.5 Å². The fraction of sp³-hybridized carbons (Fsp3) is 0.370. The molecule has 1 saturated heterocycles. The van der Waals surface area contributed by atoms with Gasteiger partial charge >= 0.3 is 5.97 Å². The van der Waals surface area contributed by atoms with Gasteiger partial charge in [0.05, 0.1) is 6.42 Å². The molecule has 1 aromatic heterocycles. The molecule has 178 valence electrons. The summed E-state index contributed by atoms with van der Waals surface area (Å²) in [7, 11) is 0. The van der Waals surface area contributed by atoms with E-state index in [0.29, 0.717) is 12.0 Å². The number of hydrogen-bond acceptors (Lipinski definition) is 5. The van der Waals surface area contributed by atoms with Gasteiger partial charge in [0.15, 0.2) is 0 Å². The van der Waals surface area contributed by atoms with Crippen molar-refractivity contribution in [3.05, 3.63) is 77.9 Å². The van der Waals surface area contributed by atoms with Crippen LogP contribution in [0.3, 0.4) is 0 Å². The number of anilines is 1. The Hall–Kier alpha value is -3.32. The predicted molar refractivity (Wildman–Crippen MR) is 131 cm³/mol. The monoisotopic (exact) mass is 462 g/mol. The SMILES string of the molecule is CCCC[C@H]1CN(Cc2cccc(CC(=O)O)c2)CCN1c1ncc(-c2cccc(F)c2)cn1. The number of carboxylic acids is 1. The third kappa shape index (κ3) is 6.17. The van der Waals surface area contributed by atoms with Gasteiger partial charge in [-0.2, -0.15) is 0 Å². The number of halogens is 1. The molecule has 0 unspecified atom stereocenters. The van der Waals surface area contributed by atoms with E-state index in [9.17, 15) is 9.18 Å². The number of benzene rings is 2. The highest BCUT2D eigenvalue weighted by Gasteiger charge is 2.28. The number of aromatic nitrogens is 2. The molecule has 1 aliphatic rings. The van der Waals surface area contributed by atoms with Crippen molar-refractivity contribution in [2.45, 2.75) is 45.2 Å². The van der Waals surface area contributed by atoms with Crippen molar-refractivity contribution < 1.29 is 14.3 Å². The molecule has 0 saturated carbocycles. The van der Waals surface area contributed by atoms with E-state index < -0.39 is 5.97 Å². The summed E-state index contributed by atoms with van der Waals surface area (Å²) in [4.78, 5) is 25.0. The molecule has 0 amide bonds. The minimum absolute atomic E-state index is 0.0453. The fourth-order valence-corrected chi connectivity index (χ4v) is 4.57. The van der Waals surface area contributed by atoms with Gasteiger partial charge in [0.25, 0.3) is 0 Å². The summed E-state index contributed by atoms with van der Waals surface area (Å²) < 4.78 is 13.6. The van der Waals surface area contributed by atoms with Crippen molar-refractivity contribution in [3.8, 4) is 11.1 Å². The van der Waals surface area contributed by atoms with Crippen molar-refractivity contribution in [1.29, 1.82) is 0 Å². The molecule has 2 aromatic carbocycles. The van der Waals surface area contributed by atoms with Gasteiger partial charge < -0.3 is 10.0 Å². The topological polar surface area (TPSA) is 69.6 Å². The molecular weight excluding hydrogens is 431 g/mol. The zero-order chi connectivity index (χ0) is 23.9. The third-order valence-electron chi connectivity index (χ3n) is 6.26. The smallest absolute Gasteiger partial charge is 0.307 e. The molecule has 0 radical (unpaired) electrons. The van der Waals surface area contributed by atoms with Crippen LogP contribution in [0.5, 0.6) is 0 Å². The fourth-order valence-electron chi connectivity index (χ4n) is 4.57. The second kappa shape index (κ2) is 11.2. The lowest BCUT2D eigenvalue weighted by molar-refractivity contribution is -0.136. The summed E-state index contributed by atoms with van der Waals surface area (Å²) in [6.45, 7) is 5.59. The Labute approximate surface area is 200 Å². The maximum atomic E-state index is 13.6. The van der Waals surface area contributed by atoms with Crippen molar-refractivity contribution in [1.82, 2.24) is 14.9 Å². The highest BCUT2D eigenvalue weighted by Crippen LogP contribution is 2.24. The standard InChI is InChI=1S/C27H31FN4O2/c1-2-3-10-25-19-31(18-21-7-4-6-20(13-21)14-26(33)34)11-12-32(25)27-29-16-23(17-30-27)22-8-5-9-24(28)15-22/h4-9,13,15-17,25H,2-3,10-12,14,18-19H2,1H3,(H,33,34)/t25-/m0/s1. The molecule has 2 heterocycles. The summed E-state index contributed by atoms with van der Waals surface area (Å²) in [6.07, 6.45) is 6.90. The van der Waals surface area contributed by atoms with E-state index in [4.69, 9.17) is 5.11 Å². The average Bonchev–Trinajstić information content (AvgIpc) is 2.83. The van der Waals surface area contributed by atoms with Gasteiger partial charge in [0.1, 0.15) is 5.82 Å². The predicted octanol–water partition coefficient (Wildman–Crippen LogP) is 4.79. The summed E-state index contributed by atoms with van der Waals surface area (Å²) in [6, 6.07) is 14.6. The van der Waals surface area contributed by atoms with Crippen LogP contribution in [0.25, 0.3) is 11.1 Å². The molecule has 3 aromatic rings. The Morgan fingerprint density at radius 3 is 2.56 bits per heavy atom. The lowest BCUT2D eigenvalue weighted by Crippen LogP contribution is -2.53. The summed E-state index contributed by atoms with van der Waals surface area (Å²) in [5.41, 5.74) is 3.53. The first-order valence-corrected chi connectivity index (χ1v) is 11.9. The van der Waals surface area contributed by atoms with Crippen LogP contribution < -0.4 is 4.90 Å². The Kier molecular flexibility index (Phi) is 7.85. The molecule has 0 bridgehead atoms. The summed E-state index contributed by atoms with van der Waals surface area (Å²) >= 11 is 0. The number of nitrogens with zero attached hydrogens (tertiary/aromatic N) is 4. The van der Waals surface area contributed by atoms with Crippen molar-refractivity contribution in [2.24, 2.45) is 0 Å². The number of aliphatic carboxylic acids is 1. The first-order valence-electron chi connectivity index (χ1n) is 11.9. The van der Waals surface area contributed by atoms with Gasteiger partial charge in [-0.25, -0.2) is 14.4 Å². The number of carboxylic acid groups (broad SMARTS) is 1. The molecule has 0 spiro atoms. The number of carbonyl (C=O) groups is 1. The van der Waals surface area contributed by atoms with Crippen LogP contribution in [0.4, 0.5) is 10.3 Å². The van der Waals surface area contributed by atoms with Crippen LogP contribution in [0, 0.1) is 5.82 Å². The van der Waals surface area contributed by atoms with E-state index in [1.807, 2.05) is 24.3 Å². The van der Waals surface area contributed by atoms with Gasteiger partial charge in [0, 0.05) is 50.2 Å². The van der Waals surface area contributed by atoms with E-state index in [1.165, 1.54) is 12.1 Å². The first kappa shape index (κ1) is 23.8. The van der Waals surface area contributed by atoms with Gasteiger partial charge in [-0.05, 0) is 35.2 Å². The lowest BCUT2D eigenvalue weighted by atomic mass is 10.0. The molecule has 1 atom stereocenters.